The van der Waals surface area contributed by atoms with Crippen LogP contribution in [0.5, 0.6) is 5.75 Å². The molecule has 3 aromatic rings. The van der Waals surface area contributed by atoms with Crippen LogP contribution in [-0.4, -0.2) is 28.0 Å². The monoisotopic (exact) mass is 434 g/mol. The summed E-state index contributed by atoms with van der Waals surface area (Å²) < 4.78 is 17.8. The molecule has 0 saturated carbocycles. The van der Waals surface area contributed by atoms with Crippen LogP contribution < -0.4 is 10.1 Å². The third kappa shape index (κ3) is 5.19. The van der Waals surface area contributed by atoms with Gasteiger partial charge in [0.15, 0.2) is 0 Å². The van der Waals surface area contributed by atoms with E-state index in [9.17, 15) is 9.00 Å². The van der Waals surface area contributed by atoms with Crippen LogP contribution in [0.15, 0.2) is 47.8 Å². The normalized spacial score (nSPS) is 11.8. The number of carbonyl (C=O) groups excluding carboxylic acids is 1. The second kappa shape index (κ2) is 9.32. The van der Waals surface area contributed by atoms with Crippen molar-refractivity contribution in [3.63, 3.8) is 0 Å². The molecule has 28 heavy (non-hydrogen) atoms. The average Bonchev–Trinajstić information content (AvgIpc) is 3.12. The highest BCUT2D eigenvalue weighted by Crippen LogP contribution is 2.32. The lowest BCUT2D eigenvalue weighted by molar-refractivity contribution is -0.113. The van der Waals surface area contributed by atoms with Crippen molar-refractivity contribution >= 4 is 45.3 Å². The van der Waals surface area contributed by atoms with Crippen molar-refractivity contribution in [1.82, 2.24) is 4.98 Å². The summed E-state index contributed by atoms with van der Waals surface area (Å²) >= 11 is 7.42. The molecule has 0 aliphatic rings. The van der Waals surface area contributed by atoms with Gasteiger partial charge in [-0.1, -0.05) is 29.8 Å². The van der Waals surface area contributed by atoms with E-state index in [-0.39, 0.29) is 17.4 Å². The molecule has 0 saturated heterocycles. The quantitative estimate of drug-likeness (QED) is 0.586. The fourth-order valence-electron chi connectivity index (χ4n) is 2.60. The zero-order chi connectivity index (χ0) is 20.1. The second-order valence-corrected chi connectivity index (χ2v) is 8.83. The van der Waals surface area contributed by atoms with E-state index in [1.807, 2.05) is 42.6 Å². The molecule has 8 heteroatoms. The zero-order valence-electron chi connectivity index (χ0n) is 15.4. The molecule has 0 aliphatic carbocycles. The largest absolute Gasteiger partial charge is 0.496 e. The third-order valence-electron chi connectivity index (χ3n) is 3.96. The summed E-state index contributed by atoms with van der Waals surface area (Å²) in [5.41, 5.74) is 3.10. The Bertz CT molecular complexity index is 1020. The lowest BCUT2D eigenvalue weighted by Crippen LogP contribution is -2.20. The molecule has 0 bridgehead atoms. The van der Waals surface area contributed by atoms with Crippen LogP contribution in [0.3, 0.4) is 0 Å². The molecule has 1 amide bonds. The Labute approximate surface area is 175 Å². The molecule has 0 fully saturated rings. The van der Waals surface area contributed by atoms with Gasteiger partial charge in [-0.15, -0.1) is 11.3 Å². The number of methoxy groups -OCH3 is 1. The van der Waals surface area contributed by atoms with Gasteiger partial charge in [-0.05, 0) is 36.8 Å². The lowest BCUT2D eigenvalue weighted by atomic mass is 10.2. The van der Waals surface area contributed by atoms with Crippen molar-refractivity contribution < 1.29 is 13.7 Å². The molecular weight excluding hydrogens is 416 g/mol. The number of thiazole rings is 1. The van der Waals surface area contributed by atoms with E-state index in [1.54, 1.807) is 19.2 Å². The first-order valence-corrected chi connectivity index (χ1v) is 11.2. The molecule has 2 aromatic carbocycles. The van der Waals surface area contributed by atoms with Crippen LogP contribution in [0.1, 0.15) is 11.3 Å². The molecule has 1 atom stereocenters. The topological polar surface area (TPSA) is 68.3 Å². The fourth-order valence-corrected chi connectivity index (χ4v) is 4.67. The first-order chi connectivity index (χ1) is 13.5. The SMILES string of the molecule is COc1ccccc1-c1nc(CS(=O)CC(=O)Nc2cc(Cl)ccc2C)cs1. The van der Waals surface area contributed by atoms with Gasteiger partial charge in [-0.3, -0.25) is 9.00 Å². The summed E-state index contributed by atoms with van der Waals surface area (Å²) in [6.45, 7) is 1.87. The first-order valence-electron chi connectivity index (χ1n) is 8.45. The maximum absolute atomic E-state index is 12.4. The van der Waals surface area contributed by atoms with Gasteiger partial charge in [0.1, 0.15) is 16.5 Å². The van der Waals surface area contributed by atoms with Gasteiger partial charge in [-0.25, -0.2) is 4.98 Å². The van der Waals surface area contributed by atoms with E-state index in [0.29, 0.717) is 16.4 Å². The molecule has 0 radical (unpaired) electrons. The van der Waals surface area contributed by atoms with E-state index in [2.05, 4.69) is 10.3 Å². The Morgan fingerprint density at radius 3 is 2.86 bits per heavy atom. The number of aryl methyl sites for hydroxylation is 1. The number of hydrogen-bond donors (Lipinski definition) is 1. The lowest BCUT2D eigenvalue weighted by Gasteiger charge is -2.08. The smallest absolute Gasteiger partial charge is 0.237 e. The van der Waals surface area contributed by atoms with Crippen LogP contribution in [0, 0.1) is 6.92 Å². The van der Waals surface area contributed by atoms with Gasteiger partial charge in [0.2, 0.25) is 5.91 Å². The zero-order valence-corrected chi connectivity index (χ0v) is 17.8. The Hall–Kier alpha value is -2.22. The van der Waals surface area contributed by atoms with Crippen molar-refractivity contribution in [1.29, 1.82) is 0 Å². The van der Waals surface area contributed by atoms with Gasteiger partial charge >= 0.3 is 0 Å². The number of para-hydroxylation sites is 1. The number of anilines is 1. The van der Waals surface area contributed by atoms with E-state index >= 15 is 0 Å². The van der Waals surface area contributed by atoms with Crippen molar-refractivity contribution in [2.24, 2.45) is 0 Å². The van der Waals surface area contributed by atoms with Crippen LogP contribution in [0.4, 0.5) is 5.69 Å². The first kappa shape index (κ1) is 20.5. The van der Waals surface area contributed by atoms with E-state index in [0.717, 1.165) is 21.9 Å². The van der Waals surface area contributed by atoms with Gasteiger partial charge in [0.05, 0.1) is 24.1 Å². The van der Waals surface area contributed by atoms with E-state index in [1.165, 1.54) is 11.3 Å². The number of amides is 1. The summed E-state index contributed by atoms with van der Waals surface area (Å²) in [6.07, 6.45) is 0. The van der Waals surface area contributed by atoms with Crippen LogP contribution in [0.2, 0.25) is 5.02 Å². The van der Waals surface area contributed by atoms with E-state index in [4.69, 9.17) is 16.3 Å². The number of carbonyl (C=O) groups is 1. The molecule has 0 spiro atoms. The van der Waals surface area contributed by atoms with Gasteiger partial charge in [0, 0.05) is 26.9 Å². The maximum Gasteiger partial charge on any atom is 0.237 e. The number of halogens is 1. The highest BCUT2D eigenvalue weighted by molar-refractivity contribution is 7.85. The summed E-state index contributed by atoms with van der Waals surface area (Å²) in [4.78, 5) is 16.7. The standard InChI is InChI=1S/C20H19ClN2O3S2/c1-13-7-8-14(21)9-17(13)23-19(24)12-28(25)11-15-10-27-20(22-15)16-5-3-4-6-18(16)26-2/h3-10H,11-12H2,1-2H3,(H,23,24). The van der Waals surface area contributed by atoms with Crippen LogP contribution >= 0.6 is 22.9 Å². The molecule has 1 N–H and O–H groups in total. The van der Waals surface area contributed by atoms with Crippen molar-refractivity contribution in [3.05, 3.63) is 64.1 Å². The Balaban J connectivity index is 1.62. The Morgan fingerprint density at radius 1 is 1.29 bits per heavy atom. The van der Waals surface area contributed by atoms with Crippen molar-refractivity contribution in [2.45, 2.75) is 12.7 Å². The molecular formula is C20H19ClN2O3S2. The highest BCUT2D eigenvalue weighted by atomic mass is 35.5. The molecule has 146 valence electrons. The van der Waals surface area contributed by atoms with E-state index < -0.39 is 10.8 Å². The Morgan fingerprint density at radius 2 is 2.07 bits per heavy atom. The molecule has 0 aliphatic heterocycles. The molecule has 1 heterocycles. The predicted molar refractivity (Wildman–Crippen MR) is 116 cm³/mol. The number of aromatic nitrogens is 1. The number of nitrogens with zero attached hydrogens (tertiary/aromatic N) is 1. The summed E-state index contributed by atoms with van der Waals surface area (Å²) in [7, 11) is 0.245. The highest BCUT2D eigenvalue weighted by Gasteiger charge is 2.14. The van der Waals surface area contributed by atoms with Gasteiger partial charge in [-0.2, -0.15) is 0 Å². The fraction of sp³-hybridized carbons (Fsp3) is 0.200. The summed E-state index contributed by atoms with van der Waals surface area (Å²) in [6, 6.07) is 12.9. The maximum atomic E-state index is 12.4. The van der Waals surface area contributed by atoms with Crippen LogP contribution in [-0.2, 0) is 21.3 Å². The van der Waals surface area contributed by atoms with Gasteiger partial charge < -0.3 is 10.1 Å². The number of benzene rings is 2. The molecule has 1 unspecified atom stereocenters. The number of hydrogen-bond acceptors (Lipinski definition) is 5. The molecule has 3 rings (SSSR count). The molecule has 5 nitrogen and oxygen atoms in total. The minimum absolute atomic E-state index is 0.104. The molecule has 1 aromatic heterocycles. The minimum Gasteiger partial charge on any atom is -0.496 e. The second-order valence-electron chi connectivity index (χ2n) is 6.08. The summed E-state index contributed by atoms with van der Waals surface area (Å²) in [5.74, 6) is 0.533. The number of nitrogens with one attached hydrogen (secondary N) is 1. The van der Waals surface area contributed by atoms with Crippen molar-refractivity contribution in [2.75, 3.05) is 18.2 Å². The number of rotatable bonds is 7. The Kier molecular flexibility index (Phi) is 6.83. The average molecular weight is 435 g/mol. The summed E-state index contributed by atoms with van der Waals surface area (Å²) in [5, 5.41) is 5.95. The third-order valence-corrected chi connectivity index (χ3v) is 6.33. The number of ether oxygens (including phenoxy) is 1. The van der Waals surface area contributed by atoms with Crippen LogP contribution in [0.25, 0.3) is 10.6 Å². The van der Waals surface area contributed by atoms with Crippen molar-refractivity contribution in [3.8, 4) is 16.3 Å². The van der Waals surface area contributed by atoms with Gasteiger partial charge in [0.25, 0.3) is 0 Å². The minimum atomic E-state index is -1.37. The predicted octanol–water partition coefficient (Wildman–Crippen LogP) is 4.67.